The summed E-state index contributed by atoms with van der Waals surface area (Å²) in [6, 6.07) is 13.9. The van der Waals surface area contributed by atoms with E-state index in [4.69, 9.17) is 23.8 Å². The summed E-state index contributed by atoms with van der Waals surface area (Å²) in [6.07, 6.45) is 1.80. The third kappa shape index (κ3) is 5.32. The number of carbonyl (C=O) groups excluding carboxylic acids is 3. The molecule has 1 heterocycles. The minimum Gasteiger partial charge on any atom is -0.326 e. The van der Waals surface area contributed by atoms with Gasteiger partial charge in [-0.2, -0.15) is 0 Å². The second-order valence-electron chi connectivity index (χ2n) is 6.29. The van der Waals surface area contributed by atoms with E-state index >= 15 is 0 Å². The van der Waals surface area contributed by atoms with E-state index in [1.54, 1.807) is 36.4 Å². The first-order chi connectivity index (χ1) is 13.8. The molecule has 0 atom stereocenters. The Labute approximate surface area is 183 Å². The van der Waals surface area contributed by atoms with Crippen LogP contribution in [-0.4, -0.2) is 33.4 Å². The number of ketones is 1. The molecule has 2 aromatic rings. The molecule has 8 heteroatoms. The first-order valence-corrected chi connectivity index (χ1v) is 10.4. The molecule has 0 unspecified atom stereocenters. The van der Waals surface area contributed by atoms with Gasteiger partial charge in [0.2, 0.25) is 5.91 Å². The van der Waals surface area contributed by atoms with Gasteiger partial charge in [0.25, 0.3) is 5.91 Å². The van der Waals surface area contributed by atoms with Gasteiger partial charge in [-0.05, 0) is 48.9 Å². The number of thioether (sulfide) groups is 1. The smallest absolute Gasteiger partial charge is 0.266 e. The summed E-state index contributed by atoms with van der Waals surface area (Å²) in [7, 11) is 0. The van der Waals surface area contributed by atoms with E-state index in [2.05, 4.69) is 5.32 Å². The molecule has 2 amide bonds. The predicted molar refractivity (Wildman–Crippen MR) is 121 cm³/mol. The molecule has 5 nitrogen and oxygen atoms in total. The predicted octanol–water partition coefficient (Wildman–Crippen LogP) is 4.77. The molecule has 0 spiro atoms. The average Bonchev–Trinajstić information content (AvgIpc) is 2.95. The topological polar surface area (TPSA) is 66.5 Å². The van der Waals surface area contributed by atoms with E-state index in [9.17, 15) is 14.4 Å². The Morgan fingerprint density at radius 1 is 1.17 bits per heavy atom. The van der Waals surface area contributed by atoms with Crippen LogP contribution in [0.4, 0.5) is 5.69 Å². The summed E-state index contributed by atoms with van der Waals surface area (Å²) >= 11 is 12.6. The zero-order chi connectivity index (χ0) is 21.0. The standard InChI is InChI=1S/C21H17ClN2O3S2/c1-13(25)14-6-8-16(9-7-14)23-19(26)10-11-24-20(27)18(29-21(24)28)12-15-4-2-3-5-17(15)22/h2-9,12H,10-11H2,1H3,(H,23,26)/b18-12-. The number of Topliss-reactive ketones (excluding diaryl/α,β-unsaturated/α-hetero) is 1. The Balaban J connectivity index is 1.59. The number of nitrogens with zero attached hydrogens (tertiary/aromatic N) is 1. The summed E-state index contributed by atoms with van der Waals surface area (Å²) in [6.45, 7) is 1.66. The maximum Gasteiger partial charge on any atom is 0.266 e. The van der Waals surface area contributed by atoms with Crippen LogP contribution in [-0.2, 0) is 9.59 Å². The summed E-state index contributed by atoms with van der Waals surface area (Å²) in [5.41, 5.74) is 1.90. The molecule has 3 rings (SSSR count). The highest BCUT2D eigenvalue weighted by molar-refractivity contribution is 8.26. The zero-order valence-corrected chi connectivity index (χ0v) is 17.9. The molecule has 0 bridgehead atoms. The number of anilines is 1. The normalized spacial score (nSPS) is 15.1. The van der Waals surface area contributed by atoms with Crippen molar-refractivity contribution in [1.29, 1.82) is 0 Å². The SMILES string of the molecule is CC(=O)c1ccc(NC(=O)CCN2C(=O)/C(=C/c3ccccc3Cl)SC2=S)cc1. The van der Waals surface area contributed by atoms with Crippen molar-refractivity contribution in [1.82, 2.24) is 4.90 Å². The van der Waals surface area contributed by atoms with Crippen LogP contribution >= 0.6 is 35.6 Å². The van der Waals surface area contributed by atoms with Crippen LogP contribution in [0.5, 0.6) is 0 Å². The summed E-state index contributed by atoms with van der Waals surface area (Å²) in [4.78, 5) is 38.1. The van der Waals surface area contributed by atoms with Gasteiger partial charge in [-0.1, -0.05) is 53.8 Å². The lowest BCUT2D eigenvalue weighted by Crippen LogP contribution is -2.31. The van der Waals surface area contributed by atoms with Crippen molar-refractivity contribution < 1.29 is 14.4 Å². The van der Waals surface area contributed by atoms with Crippen LogP contribution in [0.3, 0.4) is 0 Å². The van der Waals surface area contributed by atoms with Crippen molar-refractivity contribution >= 4 is 69.3 Å². The minimum absolute atomic E-state index is 0.0397. The van der Waals surface area contributed by atoms with E-state index in [0.29, 0.717) is 25.5 Å². The number of amides is 2. The number of thiocarbonyl (C=S) groups is 1. The molecule has 0 aromatic heterocycles. The number of rotatable bonds is 6. The fraction of sp³-hybridized carbons (Fsp3) is 0.143. The van der Waals surface area contributed by atoms with E-state index < -0.39 is 0 Å². The molecule has 1 aliphatic rings. The summed E-state index contributed by atoms with van der Waals surface area (Å²) in [5, 5.41) is 3.30. The second kappa shape index (κ2) is 9.35. The van der Waals surface area contributed by atoms with Gasteiger partial charge in [0.1, 0.15) is 4.32 Å². The van der Waals surface area contributed by atoms with Crippen molar-refractivity contribution in [3.05, 3.63) is 69.6 Å². The molecule has 1 N–H and O–H groups in total. The monoisotopic (exact) mass is 444 g/mol. The largest absolute Gasteiger partial charge is 0.326 e. The Morgan fingerprint density at radius 3 is 2.52 bits per heavy atom. The second-order valence-corrected chi connectivity index (χ2v) is 8.37. The number of hydrogen-bond donors (Lipinski definition) is 1. The quantitative estimate of drug-likeness (QED) is 0.395. The molecular weight excluding hydrogens is 428 g/mol. The van der Waals surface area contributed by atoms with Gasteiger partial charge in [-0.3, -0.25) is 19.3 Å². The Kier molecular flexibility index (Phi) is 6.84. The van der Waals surface area contributed by atoms with Gasteiger partial charge in [0.05, 0.1) is 4.91 Å². The molecule has 148 valence electrons. The molecule has 1 saturated heterocycles. The van der Waals surface area contributed by atoms with Gasteiger partial charge in [0.15, 0.2) is 5.78 Å². The van der Waals surface area contributed by atoms with Gasteiger partial charge < -0.3 is 5.32 Å². The van der Waals surface area contributed by atoms with Crippen molar-refractivity contribution in [2.75, 3.05) is 11.9 Å². The molecule has 0 aliphatic carbocycles. The number of nitrogens with one attached hydrogen (secondary N) is 1. The number of benzene rings is 2. The number of hydrogen-bond acceptors (Lipinski definition) is 5. The maximum atomic E-state index is 12.6. The highest BCUT2D eigenvalue weighted by Crippen LogP contribution is 2.33. The molecule has 2 aromatic carbocycles. The van der Waals surface area contributed by atoms with E-state index in [-0.39, 0.29) is 30.6 Å². The maximum absolute atomic E-state index is 12.6. The van der Waals surface area contributed by atoms with Gasteiger partial charge >= 0.3 is 0 Å². The van der Waals surface area contributed by atoms with E-state index in [0.717, 1.165) is 5.56 Å². The molecule has 1 fully saturated rings. The summed E-state index contributed by atoms with van der Waals surface area (Å²) < 4.78 is 0.409. The third-order valence-corrected chi connectivity index (χ3v) is 5.93. The Bertz CT molecular complexity index is 1020. The Morgan fingerprint density at radius 2 is 1.86 bits per heavy atom. The van der Waals surface area contributed by atoms with Gasteiger partial charge in [0, 0.05) is 29.2 Å². The minimum atomic E-state index is -0.246. The lowest BCUT2D eigenvalue weighted by atomic mass is 10.1. The van der Waals surface area contributed by atoms with Crippen LogP contribution in [0.15, 0.2) is 53.4 Å². The van der Waals surface area contributed by atoms with E-state index in [1.807, 2.05) is 18.2 Å². The van der Waals surface area contributed by atoms with Crippen molar-refractivity contribution in [2.24, 2.45) is 0 Å². The van der Waals surface area contributed by atoms with Crippen molar-refractivity contribution in [3.8, 4) is 0 Å². The average molecular weight is 445 g/mol. The number of carbonyl (C=O) groups is 3. The van der Waals surface area contributed by atoms with Crippen LogP contribution < -0.4 is 5.32 Å². The summed E-state index contributed by atoms with van der Waals surface area (Å²) in [5.74, 6) is -0.523. The van der Waals surface area contributed by atoms with Crippen LogP contribution in [0, 0.1) is 0 Å². The molecule has 0 saturated carbocycles. The first-order valence-electron chi connectivity index (χ1n) is 8.76. The van der Waals surface area contributed by atoms with E-state index in [1.165, 1.54) is 23.6 Å². The molecule has 29 heavy (non-hydrogen) atoms. The first kappa shape index (κ1) is 21.2. The van der Waals surface area contributed by atoms with Gasteiger partial charge in [-0.15, -0.1) is 0 Å². The molecule has 1 aliphatic heterocycles. The van der Waals surface area contributed by atoms with Crippen LogP contribution in [0.1, 0.15) is 29.3 Å². The highest BCUT2D eigenvalue weighted by Gasteiger charge is 2.32. The lowest BCUT2D eigenvalue weighted by molar-refractivity contribution is -0.122. The van der Waals surface area contributed by atoms with Crippen molar-refractivity contribution in [2.45, 2.75) is 13.3 Å². The van der Waals surface area contributed by atoms with Crippen LogP contribution in [0.2, 0.25) is 5.02 Å². The van der Waals surface area contributed by atoms with Gasteiger partial charge in [-0.25, -0.2) is 0 Å². The zero-order valence-electron chi connectivity index (χ0n) is 15.5. The number of halogens is 1. The Hall–Kier alpha value is -2.48. The van der Waals surface area contributed by atoms with Crippen molar-refractivity contribution in [3.63, 3.8) is 0 Å². The fourth-order valence-electron chi connectivity index (χ4n) is 2.65. The fourth-order valence-corrected chi connectivity index (χ4v) is 4.14. The van der Waals surface area contributed by atoms with Crippen LogP contribution in [0.25, 0.3) is 6.08 Å². The highest BCUT2D eigenvalue weighted by atomic mass is 35.5. The third-order valence-electron chi connectivity index (χ3n) is 4.20. The molecule has 0 radical (unpaired) electrons. The lowest BCUT2D eigenvalue weighted by Gasteiger charge is -2.14. The molecular formula is C21H17ClN2O3S2.